The smallest absolute Gasteiger partial charge is 0.220 e. The van der Waals surface area contributed by atoms with E-state index in [0.29, 0.717) is 18.7 Å². The van der Waals surface area contributed by atoms with E-state index >= 15 is 0 Å². The van der Waals surface area contributed by atoms with E-state index in [1.165, 1.54) is 0 Å². The number of carbonyl (C=O) groups excluding carboxylic acids is 1. The highest BCUT2D eigenvalue weighted by Gasteiger charge is 2.20. The molecule has 2 heterocycles. The van der Waals surface area contributed by atoms with Gasteiger partial charge in [-0.25, -0.2) is 0 Å². The molecule has 1 aromatic heterocycles. The zero-order chi connectivity index (χ0) is 11.5. The molecule has 0 saturated carbocycles. The molecule has 2 rings (SSSR count). The first kappa shape index (κ1) is 11.4. The van der Waals surface area contributed by atoms with Crippen molar-refractivity contribution in [3.63, 3.8) is 0 Å². The van der Waals surface area contributed by atoms with Crippen molar-refractivity contribution in [3.05, 3.63) is 16.4 Å². The fraction of sp³-hybridized carbons (Fsp3) is 0.444. The van der Waals surface area contributed by atoms with Crippen LogP contribution in [-0.2, 0) is 4.79 Å². The van der Waals surface area contributed by atoms with Crippen LogP contribution < -0.4 is 10.6 Å². The van der Waals surface area contributed by atoms with Crippen molar-refractivity contribution in [2.24, 2.45) is 0 Å². The molecule has 1 saturated heterocycles. The minimum atomic E-state index is 0.0868. The molecule has 5 nitrogen and oxygen atoms in total. The van der Waals surface area contributed by atoms with E-state index in [4.69, 9.17) is 23.2 Å². The van der Waals surface area contributed by atoms with E-state index < -0.39 is 0 Å². The zero-order valence-electron chi connectivity index (χ0n) is 8.33. The Morgan fingerprint density at radius 1 is 1.50 bits per heavy atom. The molecule has 1 aliphatic rings. The maximum absolute atomic E-state index is 11.0. The number of aromatic nitrogens is 2. The molecule has 0 spiro atoms. The first-order chi connectivity index (χ1) is 7.65. The average molecular weight is 261 g/mol. The average Bonchev–Trinajstić information content (AvgIpc) is 2.66. The minimum Gasteiger partial charge on any atom is -0.380 e. The van der Waals surface area contributed by atoms with Crippen LogP contribution in [0.3, 0.4) is 0 Å². The van der Waals surface area contributed by atoms with Gasteiger partial charge in [-0.2, -0.15) is 0 Å². The fourth-order valence-corrected chi connectivity index (χ4v) is 1.85. The molecule has 1 amide bonds. The molecule has 1 aromatic rings. The molecule has 0 radical (unpaired) electrons. The number of rotatable bonds is 3. The van der Waals surface area contributed by atoms with Crippen molar-refractivity contribution < 1.29 is 4.79 Å². The van der Waals surface area contributed by atoms with Gasteiger partial charge in [-0.1, -0.05) is 23.2 Å². The summed E-state index contributed by atoms with van der Waals surface area (Å²) in [6.45, 7) is 0.605. The fourth-order valence-electron chi connectivity index (χ4n) is 1.54. The molecule has 86 valence electrons. The molecular formula is C9H10Cl2N4O. The largest absolute Gasteiger partial charge is 0.380 e. The third-order valence-corrected chi connectivity index (χ3v) is 2.81. The predicted molar refractivity (Wildman–Crippen MR) is 61.7 cm³/mol. The van der Waals surface area contributed by atoms with Crippen LogP contribution in [0.5, 0.6) is 0 Å². The van der Waals surface area contributed by atoms with Crippen LogP contribution in [0.25, 0.3) is 0 Å². The summed E-state index contributed by atoms with van der Waals surface area (Å²) >= 11 is 11.5. The van der Waals surface area contributed by atoms with Crippen LogP contribution in [-0.4, -0.2) is 28.7 Å². The maximum Gasteiger partial charge on any atom is 0.220 e. The molecule has 16 heavy (non-hydrogen) atoms. The highest BCUT2D eigenvalue weighted by atomic mass is 35.5. The summed E-state index contributed by atoms with van der Waals surface area (Å²) in [5.74, 6) is 0.0868. The number of anilines is 1. The summed E-state index contributed by atoms with van der Waals surface area (Å²) in [4.78, 5) is 11.0. The van der Waals surface area contributed by atoms with Gasteiger partial charge < -0.3 is 10.6 Å². The Hall–Kier alpha value is -1.07. The number of nitrogens with zero attached hydrogens (tertiary/aromatic N) is 2. The second-order valence-electron chi connectivity index (χ2n) is 3.56. The lowest BCUT2D eigenvalue weighted by Gasteiger charge is -2.12. The number of carbonyl (C=O) groups is 1. The first-order valence-electron chi connectivity index (χ1n) is 4.87. The van der Waals surface area contributed by atoms with Gasteiger partial charge in [-0.3, -0.25) is 4.79 Å². The molecule has 1 unspecified atom stereocenters. The lowest BCUT2D eigenvalue weighted by molar-refractivity contribution is -0.119. The minimum absolute atomic E-state index is 0.0868. The molecule has 0 aromatic carbocycles. The zero-order valence-corrected chi connectivity index (χ0v) is 9.85. The summed E-state index contributed by atoms with van der Waals surface area (Å²) in [5.41, 5.74) is 0.628. The van der Waals surface area contributed by atoms with Gasteiger partial charge in [0.15, 0.2) is 10.3 Å². The van der Waals surface area contributed by atoms with Crippen LogP contribution in [0.4, 0.5) is 5.69 Å². The van der Waals surface area contributed by atoms with Crippen LogP contribution in [0.2, 0.25) is 10.3 Å². The van der Waals surface area contributed by atoms with E-state index in [1.807, 2.05) is 0 Å². The second kappa shape index (κ2) is 4.84. The normalized spacial score (nSPS) is 19.6. The molecule has 7 heteroatoms. The Kier molecular flexibility index (Phi) is 3.46. The summed E-state index contributed by atoms with van der Waals surface area (Å²) in [7, 11) is 0. The standard InChI is InChI=1S/C9H10Cl2N4O/c10-7-3-6(9(11)15-14-7)12-4-5-1-2-8(16)13-5/h3,5H,1-2,4H2,(H,12,14)(H,13,16). The van der Waals surface area contributed by atoms with Crippen molar-refractivity contribution in [2.45, 2.75) is 18.9 Å². The van der Waals surface area contributed by atoms with Crippen LogP contribution in [0.15, 0.2) is 6.07 Å². The number of amides is 1. The lowest BCUT2D eigenvalue weighted by Crippen LogP contribution is -2.31. The summed E-state index contributed by atoms with van der Waals surface area (Å²) < 4.78 is 0. The van der Waals surface area contributed by atoms with Crippen LogP contribution in [0, 0.1) is 0 Å². The van der Waals surface area contributed by atoms with Gasteiger partial charge in [0.1, 0.15) is 0 Å². The van der Waals surface area contributed by atoms with E-state index in [-0.39, 0.29) is 22.3 Å². The summed E-state index contributed by atoms with van der Waals surface area (Å²) in [6, 6.07) is 1.74. The van der Waals surface area contributed by atoms with Crippen LogP contribution >= 0.6 is 23.2 Å². The topological polar surface area (TPSA) is 66.9 Å². The van der Waals surface area contributed by atoms with Crippen molar-refractivity contribution in [3.8, 4) is 0 Å². The third kappa shape index (κ3) is 2.74. The predicted octanol–water partition coefficient (Wildman–Crippen LogP) is 1.47. The Morgan fingerprint density at radius 3 is 3.00 bits per heavy atom. The molecule has 0 bridgehead atoms. The Morgan fingerprint density at radius 2 is 2.31 bits per heavy atom. The second-order valence-corrected chi connectivity index (χ2v) is 4.30. The molecule has 0 aliphatic carbocycles. The number of nitrogens with one attached hydrogen (secondary N) is 2. The SMILES string of the molecule is O=C1CCC(CNc2cc(Cl)nnc2Cl)N1. The first-order valence-corrected chi connectivity index (χ1v) is 5.62. The van der Waals surface area contributed by atoms with Crippen molar-refractivity contribution in [1.82, 2.24) is 15.5 Å². The Bertz CT molecular complexity index is 412. The Labute approximate surface area is 103 Å². The van der Waals surface area contributed by atoms with Gasteiger partial charge in [-0.15, -0.1) is 10.2 Å². The highest BCUT2D eigenvalue weighted by molar-refractivity contribution is 6.33. The van der Waals surface area contributed by atoms with Gasteiger partial charge in [-0.05, 0) is 6.42 Å². The van der Waals surface area contributed by atoms with Crippen molar-refractivity contribution >= 4 is 34.8 Å². The molecule has 1 atom stereocenters. The molecule has 1 aliphatic heterocycles. The number of hydrogen-bond donors (Lipinski definition) is 2. The van der Waals surface area contributed by atoms with E-state index in [9.17, 15) is 4.79 Å². The summed E-state index contributed by atoms with van der Waals surface area (Å²) in [6.07, 6.45) is 1.41. The summed E-state index contributed by atoms with van der Waals surface area (Å²) in [5, 5.41) is 13.8. The van der Waals surface area contributed by atoms with Crippen molar-refractivity contribution in [1.29, 1.82) is 0 Å². The van der Waals surface area contributed by atoms with Crippen LogP contribution in [0.1, 0.15) is 12.8 Å². The third-order valence-electron chi connectivity index (χ3n) is 2.34. The maximum atomic E-state index is 11.0. The van der Waals surface area contributed by atoms with Gasteiger partial charge >= 0.3 is 0 Å². The lowest BCUT2D eigenvalue weighted by atomic mass is 10.2. The van der Waals surface area contributed by atoms with Gasteiger partial charge in [0.25, 0.3) is 0 Å². The quantitative estimate of drug-likeness (QED) is 0.864. The van der Waals surface area contributed by atoms with E-state index in [1.54, 1.807) is 6.07 Å². The monoisotopic (exact) mass is 260 g/mol. The van der Waals surface area contributed by atoms with Gasteiger partial charge in [0.2, 0.25) is 5.91 Å². The molecule has 2 N–H and O–H groups in total. The molecule has 1 fully saturated rings. The molecular weight excluding hydrogens is 251 g/mol. The van der Waals surface area contributed by atoms with Crippen molar-refractivity contribution in [2.75, 3.05) is 11.9 Å². The Balaban J connectivity index is 1.94. The van der Waals surface area contributed by atoms with Gasteiger partial charge in [0, 0.05) is 25.1 Å². The number of halogens is 2. The van der Waals surface area contributed by atoms with E-state index in [2.05, 4.69) is 20.8 Å². The highest BCUT2D eigenvalue weighted by Crippen LogP contribution is 2.21. The van der Waals surface area contributed by atoms with E-state index in [0.717, 1.165) is 6.42 Å². The van der Waals surface area contributed by atoms with Gasteiger partial charge in [0.05, 0.1) is 5.69 Å². The number of hydrogen-bond acceptors (Lipinski definition) is 4.